The van der Waals surface area contributed by atoms with E-state index in [-0.39, 0.29) is 12.5 Å². The molecule has 232 valence electrons. The minimum atomic E-state index is -1.57. The van der Waals surface area contributed by atoms with Crippen LogP contribution >= 0.6 is 0 Å². The van der Waals surface area contributed by atoms with Crippen LogP contribution in [0.25, 0.3) is 0 Å². The smallest absolute Gasteiger partial charge is 0.220 e. The third kappa shape index (κ3) is 15.4. The van der Waals surface area contributed by atoms with Gasteiger partial charge in [0.2, 0.25) is 5.91 Å². The van der Waals surface area contributed by atoms with Crippen molar-refractivity contribution in [2.45, 2.75) is 140 Å². The Bertz CT molecular complexity index is 726. The fraction of sp³-hybridized carbons (Fsp3) is 0.774. The SMILES string of the molecule is CCCCCCC/C=C/CC/C=C/CC/C=C/C(O)C(COC1OC(CO)C(O)C(O)C1O)NC(=O)CCCC. The van der Waals surface area contributed by atoms with Gasteiger partial charge < -0.3 is 40.3 Å². The van der Waals surface area contributed by atoms with Gasteiger partial charge >= 0.3 is 0 Å². The number of hydrogen-bond acceptors (Lipinski definition) is 8. The fourth-order valence-corrected chi connectivity index (χ4v) is 4.34. The Morgan fingerprint density at radius 3 is 2.05 bits per heavy atom. The van der Waals surface area contributed by atoms with Crippen molar-refractivity contribution in [1.82, 2.24) is 5.32 Å². The molecule has 0 aromatic heterocycles. The topological polar surface area (TPSA) is 149 Å². The number of hydrogen-bond donors (Lipinski definition) is 6. The second-order valence-corrected chi connectivity index (χ2v) is 10.5. The molecule has 0 spiro atoms. The van der Waals surface area contributed by atoms with Crippen molar-refractivity contribution in [3.63, 3.8) is 0 Å². The van der Waals surface area contributed by atoms with Crippen molar-refractivity contribution in [2.24, 2.45) is 0 Å². The molecule has 1 aliphatic rings. The summed E-state index contributed by atoms with van der Waals surface area (Å²) >= 11 is 0. The lowest BCUT2D eigenvalue weighted by molar-refractivity contribution is -0.302. The molecule has 0 radical (unpaired) electrons. The largest absolute Gasteiger partial charge is 0.394 e. The van der Waals surface area contributed by atoms with Crippen molar-refractivity contribution in [3.05, 3.63) is 36.5 Å². The summed E-state index contributed by atoms with van der Waals surface area (Å²) in [5.41, 5.74) is 0. The third-order valence-electron chi connectivity index (χ3n) is 6.95. The molecule has 1 rings (SSSR count). The third-order valence-corrected chi connectivity index (χ3v) is 6.95. The first-order chi connectivity index (χ1) is 19.3. The molecule has 1 saturated heterocycles. The summed E-state index contributed by atoms with van der Waals surface area (Å²) in [4.78, 5) is 12.3. The molecule has 0 aromatic carbocycles. The quantitative estimate of drug-likeness (QED) is 0.0858. The van der Waals surface area contributed by atoms with Gasteiger partial charge in [-0.1, -0.05) is 82.4 Å². The highest BCUT2D eigenvalue weighted by Gasteiger charge is 2.44. The van der Waals surface area contributed by atoms with Gasteiger partial charge in [-0.25, -0.2) is 0 Å². The Morgan fingerprint density at radius 2 is 1.43 bits per heavy atom. The number of carbonyl (C=O) groups is 1. The van der Waals surface area contributed by atoms with Crippen LogP contribution in [-0.4, -0.2) is 87.5 Å². The number of carbonyl (C=O) groups excluding carboxylic acids is 1. The molecule has 0 saturated carbocycles. The summed E-state index contributed by atoms with van der Waals surface area (Å²) in [6.07, 6.45) is 17.3. The zero-order chi connectivity index (χ0) is 29.6. The second-order valence-electron chi connectivity index (χ2n) is 10.5. The summed E-state index contributed by atoms with van der Waals surface area (Å²) in [6, 6.07) is -0.818. The van der Waals surface area contributed by atoms with Gasteiger partial charge in [0.05, 0.1) is 25.4 Å². The van der Waals surface area contributed by atoms with Gasteiger partial charge in [0.15, 0.2) is 6.29 Å². The van der Waals surface area contributed by atoms with Crippen molar-refractivity contribution in [2.75, 3.05) is 13.2 Å². The van der Waals surface area contributed by atoms with E-state index in [2.05, 4.69) is 36.5 Å². The van der Waals surface area contributed by atoms with Gasteiger partial charge in [-0.2, -0.15) is 0 Å². The van der Waals surface area contributed by atoms with E-state index in [1.165, 1.54) is 32.1 Å². The van der Waals surface area contributed by atoms with Gasteiger partial charge in [0, 0.05) is 6.42 Å². The van der Waals surface area contributed by atoms with Crippen LogP contribution in [0.5, 0.6) is 0 Å². The number of nitrogens with one attached hydrogen (secondary N) is 1. The summed E-state index contributed by atoms with van der Waals surface area (Å²) in [6.45, 7) is 3.43. The van der Waals surface area contributed by atoms with Crippen LogP contribution in [0, 0.1) is 0 Å². The summed E-state index contributed by atoms with van der Waals surface area (Å²) in [7, 11) is 0. The minimum Gasteiger partial charge on any atom is -0.394 e. The first kappa shape index (κ1) is 36.4. The van der Waals surface area contributed by atoms with Gasteiger partial charge in [-0.15, -0.1) is 0 Å². The molecule has 7 atom stereocenters. The van der Waals surface area contributed by atoms with E-state index in [1.807, 2.05) is 13.0 Å². The highest BCUT2D eigenvalue weighted by Crippen LogP contribution is 2.22. The average Bonchev–Trinajstić information content (AvgIpc) is 2.95. The zero-order valence-corrected chi connectivity index (χ0v) is 24.6. The molecule has 1 aliphatic heterocycles. The van der Waals surface area contributed by atoms with E-state index in [4.69, 9.17) is 9.47 Å². The first-order valence-electron chi connectivity index (χ1n) is 15.2. The molecule has 1 fully saturated rings. The number of rotatable bonds is 22. The van der Waals surface area contributed by atoms with Crippen molar-refractivity contribution >= 4 is 5.91 Å². The molecule has 6 N–H and O–H groups in total. The van der Waals surface area contributed by atoms with Gasteiger partial charge in [0.25, 0.3) is 0 Å². The van der Waals surface area contributed by atoms with E-state index in [0.717, 1.165) is 38.5 Å². The Balaban J connectivity index is 2.47. The molecule has 0 aliphatic carbocycles. The van der Waals surface area contributed by atoms with E-state index in [1.54, 1.807) is 6.08 Å². The number of ether oxygens (including phenoxy) is 2. The van der Waals surface area contributed by atoms with Crippen LogP contribution in [0.3, 0.4) is 0 Å². The Labute approximate surface area is 241 Å². The van der Waals surface area contributed by atoms with Crippen LogP contribution < -0.4 is 5.32 Å². The fourth-order valence-electron chi connectivity index (χ4n) is 4.34. The Morgan fingerprint density at radius 1 is 0.825 bits per heavy atom. The van der Waals surface area contributed by atoms with Crippen molar-refractivity contribution in [1.29, 1.82) is 0 Å². The number of aliphatic hydroxyl groups excluding tert-OH is 5. The van der Waals surface area contributed by atoms with E-state index < -0.39 is 49.5 Å². The molecular weight excluding hydrogens is 514 g/mol. The predicted molar refractivity (Wildman–Crippen MR) is 156 cm³/mol. The van der Waals surface area contributed by atoms with Crippen LogP contribution in [0.4, 0.5) is 0 Å². The highest BCUT2D eigenvalue weighted by molar-refractivity contribution is 5.76. The molecule has 7 unspecified atom stereocenters. The molecule has 1 heterocycles. The van der Waals surface area contributed by atoms with Crippen molar-refractivity contribution < 1.29 is 39.8 Å². The minimum absolute atomic E-state index is 0.210. The van der Waals surface area contributed by atoms with Gasteiger partial charge in [0.1, 0.15) is 24.4 Å². The van der Waals surface area contributed by atoms with Gasteiger partial charge in [-0.3, -0.25) is 4.79 Å². The molecule has 1 amide bonds. The van der Waals surface area contributed by atoms with E-state index in [9.17, 15) is 30.3 Å². The van der Waals surface area contributed by atoms with Gasteiger partial charge in [-0.05, 0) is 44.9 Å². The normalized spacial score (nSPS) is 25.2. The first-order valence-corrected chi connectivity index (χ1v) is 15.2. The molecule has 9 heteroatoms. The van der Waals surface area contributed by atoms with Crippen LogP contribution in [0.2, 0.25) is 0 Å². The monoisotopic (exact) mass is 569 g/mol. The maximum Gasteiger partial charge on any atom is 0.220 e. The highest BCUT2D eigenvalue weighted by atomic mass is 16.7. The van der Waals surface area contributed by atoms with E-state index in [0.29, 0.717) is 12.8 Å². The summed E-state index contributed by atoms with van der Waals surface area (Å²) in [5, 5.41) is 53.0. The number of unbranched alkanes of at least 4 members (excludes halogenated alkanes) is 8. The number of aliphatic hydroxyl groups is 5. The predicted octanol–water partition coefficient (Wildman–Crippen LogP) is 3.43. The lowest BCUT2D eigenvalue weighted by Gasteiger charge is -2.40. The standard InChI is InChI=1S/C31H55NO8/c1-3-5-7-8-9-10-11-12-13-14-15-16-17-18-19-20-25(34)24(32-27(35)21-6-4-2)23-39-31-30(38)29(37)28(36)26(22-33)40-31/h11-12,15-16,19-20,24-26,28-31,33-34,36-38H,3-10,13-14,17-18,21-23H2,1-2H3,(H,32,35)/b12-11+,16-15+,20-19+. The summed E-state index contributed by atoms with van der Waals surface area (Å²) in [5.74, 6) is -0.231. The number of allylic oxidation sites excluding steroid dienone is 5. The van der Waals surface area contributed by atoms with E-state index >= 15 is 0 Å². The molecule has 9 nitrogen and oxygen atoms in total. The average molecular weight is 570 g/mol. The van der Waals surface area contributed by atoms with Crippen LogP contribution in [-0.2, 0) is 14.3 Å². The van der Waals surface area contributed by atoms with Crippen LogP contribution in [0.15, 0.2) is 36.5 Å². The molecule has 0 aromatic rings. The molecule has 0 bridgehead atoms. The zero-order valence-electron chi connectivity index (χ0n) is 24.6. The maximum atomic E-state index is 12.3. The maximum absolute atomic E-state index is 12.3. The van der Waals surface area contributed by atoms with Crippen LogP contribution in [0.1, 0.15) is 97.3 Å². The number of amides is 1. The lowest BCUT2D eigenvalue weighted by atomic mass is 9.99. The molecular formula is C31H55NO8. The second kappa shape index (κ2) is 23.0. The summed E-state index contributed by atoms with van der Waals surface area (Å²) < 4.78 is 10.9. The lowest BCUT2D eigenvalue weighted by Crippen LogP contribution is -2.60. The Kier molecular flexibility index (Phi) is 21.0. The molecule has 40 heavy (non-hydrogen) atoms. The van der Waals surface area contributed by atoms with Crippen molar-refractivity contribution in [3.8, 4) is 0 Å². The Hall–Kier alpha value is -1.59.